The molecule has 0 bridgehead atoms. The Morgan fingerprint density at radius 2 is 2.33 bits per heavy atom. The van der Waals surface area contributed by atoms with Gasteiger partial charge in [-0.25, -0.2) is 13.1 Å². The number of aromatic amines is 1. The lowest BCUT2D eigenvalue weighted by atomic mass is 9.78. The van der Waals surface area contributed by atoms with Crippen LogP contribution in [0, 0.1) is 0 Å². The molecular formula is C8H14N4O2S. The zero-order valence-corrected chi connectivity index (χ0v) is 9.05. The maximum Gasteiger partial charge on any atom is 0.243 e. The number of aromatic nitrogens is 2. The van der Waals surface area contributed by atoms with Gasteiger partial charge in [-0.3, -0.25) is 5.10 Å². The molecule has 0 aliphatic heterocycles. The Labute approximate surface area is 88.3 Å². The predicted molar refractivity (Wildman–Crippen MR) is 54.5 cm³/mol. The van der Waals surface area contributed by atoms with E-state index in [-0.39, 0.29) is 10.4 Å². The van der Waals surface area contributed by atoms with E-state index in [0.29, 0.717) is 6.54 Å². The molecule has 1 fully saturated rings. The van der Waals surface area contributed by atoms with Crippen LogP contribution >= 0.6 is 0 Å². The second-order valence-electron chi connectivity index (χ2n) is 3.97. The van der Waals surface area contributed by atoms with Crippen molar-refractivity contribution in [1.29, 1.82) is 0 Å². The summed E-state index contributed by atoms with van der Waals surface area (Å²) in [5, 5.41) is 6.05. The molecule has 1 saturated carbocycles. The number of hydrogen-bond donors (Lipinski definition) is 3. The Hall–Kier alpha value is -0.920. The lowest BCUT2D eigenvalue weighted by molar-refractivity contribution is 0.251. The highest BCUT2D eigenvalue weighted by Crippen LogP contribution is 2.28. The van der Waals surface area contributed by atoms with Crippen molar-refractivity contribution >= 4 is 10.0 Å². The van der Waals surface area contributed by atoms with Crippen LogP contribution in [0.5, 0.6) is 0 Å². The molecule has 1 aliphatic rings. The van der Waals surface area contributed by atoms with Crippen molar-refractivity contribution in [3.63, 3.8) is 0 Å². The second kappa shape index (κ2) is 3.58. The largest absolute Gasteiger partial charge is 0.324 e. The fourth-order valence-corrected chi connectivity index (χ4v) is 2.56. The van der Waals surface area contributed by atoms with Crippen LogP contribution in [0.25, 0.3) is 0 Å². The third-order valence-corrected chi connectivity index (χ3v) is 4.12. The third-order valence-electron chi connectivity index (χ3n) is 2.75. The molecule has 2 rings (SSSR count). The van der Waals surface area contributed by atoms with Gasteiger partial charge >= 0.3 is 0 Å². The van der Waals surface area contributed by atoms with E-state index < -0.39 is 10.0 Å². The van der Waals surface area contributed by atoms with E-state index in [1.54, 1.807) is 0 Å². The van der Waals surface area contributed by atoms with E-state index in [4.69, 9.17) is 5.73 Å². The van der Waals surface area contributed by atoms with Gasteiger partial charge in [-0.1, -0.05) is 0 Å². The van der Waals surface area contributed by atoms with Gasteiger partial charge in [-0.15, -0.1) is 0 Å². The molecule has 1 aromatic heterocycles. The molecule has 7 heteroatoms. The Morgan fingerprint density at radius 3 is 2.80 bits per heavy atom. The van der Waals surface area contributed by atoms with E-state index in [1.165, 1.54) is 12.4 Å². The number of rotatable bonds is 4. The second-order valence-corrected chi connectivity index (χ2v) is 5.74. The molecule has 0 aromatic carbocycles. The van der Waals surface area contributed by atoms with Crippen molar-refractivity contribution in [1.82, 2.24) is 14.9 Å². The number of nitrogens with one attached hydrogen (secondary N) is 2. The summed E-state index contributed by atoms with van der Waals surface area (Å²) in [6, 6.07) is 0. The lowest BCUT2D eigenvalue weighted by Gasteiger charge is -2.37. The molecule has 84 valence electrons. The highest BCUT2D eigenvalue weighted by atomic mass is 32.2. The van der Waals surface area contributed by atoms with Gasteiger partial charge in [0.2, 0.25) is 10.0 Å². The molecule has 0 radical (unpaired) electrons. The standard InChI is InChI=1S/C8H14N4O2S/c9-8(2-1-3-8)6-12-15(13,14)7-4-10-11-5-7/h4-5,12H,1-3,6,9H2,(H,10,11). The smallest absolute Gasteiger partial charge is 0.243 e. The zero-order valence-electron chi connectivity index (χ0n) is 8.23. The molecule has 0 atom stereocenters. The average Bonchev–Trinajstić information content (AvgIpc) is 2.65. The first-order valence-electron chi connectivity index (χ1n) is 4.79. The van der Waals surface area contributed by atoms with Gasteiger partial charge in [-0.2, -0.15) is 5.10 Å². The molecular weight excluding hydrogens is 216 g/mol. The van der Waals surface area contributed by atoms with Crippen LogP contribution in [-0.2, 0) is 10.0 Å². The fraction of sp³-hybridized carbons (Fsp3) is 0.625. The Kier molecular flexibility index (Phi) is 2.53. The van der Waals surface area contributed by atoms with Crippen LogP contribution in [0.4, 0.5) is 0 Å². The van der Waals surface area contributed by atoms with Gasteiger partial charge in [-0.05, 0) is 19.3 Å². The Bertz CT molecular complexity index is 422. The Balaban J connectivity index is 2.00. The maximum absolute atomic E-state index is 11.7. The first kappa shape index (κ1) is 10.6. The van der Waals surface area contributed by atoms with Crippen LogP contribution in [0.2, 0.25) is 0 Å². The number of H-pyrrole nitrogens is 1. The van der Waals surface area contributed by atoms with E-state index in [0.717, 1.165) is 19.3 Å². The molecule has 1 heterocycles. The predicted octanol–water partition coefficient (Wildman–Crippen LogP) is -0.431. The van der Waals surface area contributed by atoms with E-state index >= 15 is 0 Å². The van der Waals surface area contributed by atoms with E-state index in [1.807, 2.05) is 0 Å². The SMILES string of the molecule is NC1(CNS(=O)(=O)c2cn[nH]c2)CCC1. The highest BCUT2D eigenvalue weighted by Gasteiger charge is 2.33. The molecule has 1 aromatic rings. The number of nitrogens with zero attached hydrogens (tertiary/aromatic N) is 1. The number of hydrogen-bond acceptors (Lipinski definition) is 4. The van der Waals surface area contributed by atoms with Gasteiger partial charge in [0.1, 0.15) is 4.90 Å². The fourth-order valence-electron chi connectivity index (χ4n) is 1.52. The van der Waals surface area contributed by atoms with Crippen molar-refractivity contribution in [2.75, 3.05) is 6.54 Å². The average molecular weight is 230 g/mol. The molecule has 0 spiro atoms. The molecule has 15 heavy (non-hydrogen) atoms. The van der Waals surface area contributed by atoms with E-state index in [2.05, 4.69) is 14.9 Å². The van der Waals surface area contributed by atoms with Gasteiger partial charge < -0.3 is 5.73 Å². The van der Waals surface area contributed by atoms with Crippen molar-refractivity contribution in [3.8, 4) is 0 Å². The van der Waals surface area contributed by atoms with Gasteiger partial charge in [0.05, 0.1) is 6.20 Å². The minimum atomic E-state index is -3.45. The van der Waals surface area contributed by atoms with Crippen molar-refractivity contribution < 1.29 is 8.42 Å². The summed E-state index contributed by atoms with van der Waals surface area (Å²) in [6.45, 7) is 0.292. The van der Waals surface area contributed by atoms with Crippen molar-refractivity contribution in [2.24, 2.45) is 5.73 Å². The summed E-state index contributed by atoms with van der Waals surface area (Å²) in [5.41, 5.74) is 5.56. The lowest BCUT2D eigenvalue weighted by Crippen LogP contribution is -2.54. The summed E-state index contributed by atoms with van der Waals surface area (Å²) in [5.74, 6) is 0. The first-order chi connectivity index (χ1) is 7.02. The molecule has 6 nitrogen and oxygen atoms in total. The first-order valence-corrected chi connectivity index (χ1v) is 6.28. The summed E-state index contributed by atoms with van der Waals surface area (Å²) in [6.07, 6.45) is 5.43. The van der Waals surface area contributed by atoms with Crippen molar-refractivity contribution in [2.45, 2.75) is 29.7 Å². The number of nitrogens with two attached hydrogens (primary N) is 1. The van der Waals surface area contributed by atoms with Crippen LogP contribution in [0.1, 0.15) is 19.3 Å². The molecule has 4 N–H and O–H groups in total. The number of sulfonamides is 1. The minimum Gasteiger partial charge on any atom is -0.324 e. The molecule has 0 unspecified atom stereocenters. The summed E-state index contributed by atoms with van der Waals surface area (Å²) in [7, 11) is -3.45. The van der Waals surface area contributed by atoms with E-state index in [9.17, 15) is 8.42 Å². The van der Waals surface area contributed by atoms with Gasteiger partial charge in [0, 0.05) is 18.3 Å². The monoisotopic (exact) mass is 230 g/mol. The van der Waals surface area contributed by atoms with Crippen molar-refractivity contribution in [3.05, 3.63) is 12.4 Å². The molecule has 1 aliphatic carbocycles. The molecule has 0 amide bonds. The summed E-state index contributed by atoms with van der Waals surface area (Å²) >= 11 is 0. The summed E-state index contributed by atoms with van der Waals surface area (Å²) < 4.78 is 25.8. The maximum atomic E-state index is 11.7. The Morgan fingerprint density at radius 1 is 1.60 bits per heavy atom. The quantitative estimate of drug-likeness (QED) is 0.653. The normalized spacial score (nSPS) is 19.8. The highest BCUT2D eigenvalue weighted by molar-refractivity contribution is 7.89. The summed E-state index contributed by atoms with van der Waals surface area (Å²) in [4.78, 5) is 0.144. The third kappa shape index (κ3) is 2.19. The van der Waals surface area contributed by atoms with Crippen LogP contribution in [0.3, 0.4) is 0 Å². The van der Waals surface area contributed by atoms with Crippen LogP contribution in [-0.4, -0.2) is 30.7 Å². The molecule has 0 saturated heterocycles. The van der Waals surface area contributed by atoms with Gasteiger partial charge in [0.25, 0.3) is 0 Å². The minimum absolute atomic E-state index is 0.144. The zero-order chi connectivity index (χ0) is 10.9. The van der Waals surface area contributed by atoms with Crippen LogP contribution in [0.15, 0.2) is 17.3 Å². The topological polar surface area (TPSA) is 101 Å². The van der Waals surface area contributed by atoms with Crippen LogP contribution < -0.4 is 10.5 Å². The van der Waals surface area contributed by atoms with Gasteiger partial charge in [0.15, 0.2) is 0 Å².